The number of halogens is 1. The van der Waals surface area contributed by atoms with Crippen molar-refractivity contribution in [1.82, 2.24) is 15.2 Å². The summed E-state index contributed by atoms with van der Waals surface area (Å²) in [5.74, 6) is -0.487. The van der Waals surface area contributed by atoms with E-state index < -0.39 is 0 Å². The quantitative estimate of drug-likeness (QED) is 0.725. The van der Waals surface area contributed by atoms with Crippen LogP contribution in [0.4, 0.5) is 5.13 Å². The Morgan fingerprint density at radius 3 is 2.83 bits per heavy atom. The molecule has 0 saturated heterocycles. The number of rotatable bonds is 6. The summed E-state index contributed by atoms with van der Waals surface area (Å²) >= 11 is 4.64. The lowest BCUT2D eigenvalue weighted by Crippen LogP contribution is -2.13. The van der Waals surface area contributed by atoms with Crippen LogP contribution in [0.5, 0.6) is 0 Å². The fourth-order valence-corrected chi connectivity index (χ4v) is 3.36. The molecule has 0 radical (unpaired) electrons. The molecule has 2 aromatic heterocycles. The topological polar surface area (TPSA) is 97.0 Å². The standard InChI is InChI=1S/C14H17BrN4O3S/c1-4-22-9(20)5-8-6-23-14(16-8)17-13(21)12-10(15)11(7(2)3)18-19-12/h6-7H,4-5H2,1-3H3,(H,18,19)(H,16,17,21). The van der Waals surface area contributed by atoms with E-state index in [0.29, 0.717) is 21.9 Å². The van der Waals surface area contributed by atoms with Crippen LogP contribution in [-0.2, 0) is 16.0 Å². The van der Waals surface area contributed by atoms with Crippen molar-refractivity contribution in [2.24, 2.45) is 0 Å². The second-order valence-corrected chi connectivity index (χ2v) is 6.69. The molecule has 23 heavy (non-hydrogen) atoms. The van der Waals surface area contributed by atoms with Gasteiger partial charge in [0.15, 0.2) is 10.8 Å². The van der Waals surface area contributed by atoms with Gasteiger partial charge < -0.3 is 4.74 Å². The van der Waals surface area contributed by atoms with Gasteiger partial charge in [0.1, 0.15) is 0 Å². The van der Waals surface area contributed by atoms with Crippen LogP contribution in [0.2, 0.25) is 0 Å². The molecule has 0 spiro atoms. The van der Waals surface area contributed by atoms with Crippen molar-refractivity contribution in [3.8, 4) is 0 Å². The Morgan fingerprint density at radius 1 is 1.48 bits per heavy atom. The molecule has 0 aliphatic carbocycles. The number of aromatic nitrogens is 3. The van der Waals surface area contributed by atoms with Crippen molar-refractivity contribution in [2.75, 3.05) is 11.9 Å². The number of esters is 1. The van der Waals surface area contributed by atoms with Gasteiger partial charge in [0.2, 0.25) is 0 Å². The number of ether oxygens (including phenoxy) is 1. The normalized spacial score (nSPS) is 10.8. The lowest BCUT2D eigenvalue weighted by atomic mass is 10.1. The van der Waals surface area contributed by atoms with Gasteiger partial charge in [-0.15, -0.1) is 11.3 Å². The first-order valence-electron chi connectivity index (χ1n) is 7.07. The number of nitrogens with one attached hydrogen (secondary N) is 2. The number of hydrogen-bond acceptors (Lipinski definition) is 6. The Hall–Kier alpha value is -1.74. The zero-order valence-electron chi connectivity index (χ0n) is 13.0. The molecule has 0 atom stereocenters. The molecule has 2 N–H and O–H groups in total. The van der Waals surface area contributed by atoms with Crippen molar-refractivity contribution in [1.29, 1.82) is 0 Å². The SMILES string of the molecule is CCOC(=O)Cc1csc(NC(=O)c2n[nH]c(C(C)C)c2Br)n1. The number of nitrogens with zero attached hydrogens (tertiary/aromatic N) is 2. The van der Waals surface area contributed by atoms with E-state index >= 15 is 0 Å². The van der Waals surface area contributed by atoms with Gasteiger partial charge in [0.25, 0.3) is 5.91 Å². The molecular formula is C14H17BrN4O3S. The Labute approximate surface area is 146 Å². The zero-order chi connectivity index (χ0) is 17.0. The van der Waals surface area contributed by atoms with Crippen LogP contribution in [0.15, 0.2) is 9.85 Å². The van der Waals surface area contributed by atoms with Gasteiger partial charge in [-0.1, -0.05) is 13.8 Å². The minimum absolute atomic E-state index is 0.0871. The van der Waals surface area contributed by atoms with Gasteiger partial charge in [0, 0.05) is 5.38 Å². The fraction of sp³-hybridized carbons (Fsp3) is 0.429. The third-order valence-corrected chi connectivity index (χ3v) is 4.54. The van der Waals surface area contributed by atoms with Crippen LogP contribution in [-0.4, -0.2) is 33.7 Å². The van der Waals surface area contributed by atoms with Crippen molar-refractivity contribution >= 4 is 44.3 Å². The fourth-order valence-electron chi connectivity index (χ4n) is 1.84. The van der Waals surface area contributed by atoms with E-state index in [1.807, 2.05) is 13.8 Å². The summed E-state index contributed by atoms with van der Waals surface area (Å²) in [7, 11) is 0. The molecule has 1 amide bonds. The largest absolute Gasteiger partial charge is 0.466 e. The van der Waals surface area contributed by atoms with Crippen LogP contribution >= 0.6 is 27.3 Å². The van der Waals surface area contributed by atoms with Crippen molar-refractivity contribution in [3.63, 3.8) is 0 Å². The summed E-state index contributed by atoms with van der Waals surface area (Å²) < 4.78 is 5.51. The van der Waals surface area contributed by atoms with E-state index in [1.165, 1.54) is 11.3 Å². The first-order chi connectivity index (χ1) is 10.9. The molecule has 9 heteroatoms. The molecule has 0 aliphatic heterocycles. The second kappa shape index (κ2) is 7.69. The number of amides is 1. The Morgan fingerprint density at radius 2 is 2.22 bits per heavy atom. The molecule has 2 aromatic rings. The summed E-state index contributed by atoms with van der Waals surface area (Å²) in [4.78, 5) is 27.9. The molecule has 0 bridgehead atoms. The number of anilines is 1. The Balaban J connectivity index is 2.04. The molecule has 2 rings (SSSR count). The lowest BCUT2D eigenvalue weighted by molar-refractivity contribution is -0.142. The van der Waals surface area contributed by atoms with E-state index in [2.05, 4.69) is 36.4 Å². The van der Waals surface area contributed by atoms with Gasteiger partial charge in [-0.3, -0.25) is 20.0 Å². The van der Waals surface area contributed by atoms with Crippen molar-refractivity contribution in [2.45, 2.75) is 33.1 Å². The molecule has 0 fully saturated rings. The van der Waals surface area contributed by atoms with Crippen molar-refractivity contribution < 1.29 is 14.3 Å². The molecule has 0 aliphatic rings. The Bertz CT molecular complexity index is 711. The average Bonchev–Trinajstić information content (AvgIpc) is 3.05. The predicted molar refractivity (Wildman–Crippen MR) is 90.8 cm³/mol. The zero-order valence-corrected chi connectivity index (χ0v) is 15.4. The third-order valence-electron chi connectivity index (χ3n) is 2.93. The summed E-state index contributed by atoms with van der Waals surface area (Å²) in [5, 5.41) is 11.7. The van der Waals surface area contributed by atoms with E-state index in [9.17, 15) is 9.59 Å². The van der Waals surface area contributed by atoms with Crippen molar-refractivity contribution in [3.05, 3.63) is 26.9 Å². The van der Waals surface area contributed by atoms with E-state index in [4.69, 9.17) is 4.74 Å². The molecule has 124 valence electrons. The maximum atomic E-state index is 12.3. The van der Waals surface area contributed by atoms with E-state index in [1.54, 1.807) is 12.3 Å². The molecule has 0 aromatic carbocycles. The Kier molecular flexibility index (Phi) is 5.89. The lowest BCUT2D eigenvalue weighted by Gasteiger charge is -2.02. The minimum atomic E-state index is -0.364. The van der Waals surface area contributed by atoms with Crippen LogP contribution in [0.3, 0.4) is 0 Å². The summed E-state index contributed by atoms with van der Waals surface area (Å²) in [6.45, 7) is 6.08. The van der Waals surface area contributed by atoms with Gasteiger partial charge in [0.05, 0.1) is 28.9 Å². The van der Waals surface area contributed by atoms with E-state index in [0.717, 1.165) is 5.69 Å². The summed E-state index contributed by atoms with van der Waals surface area (Å²) in [5.41, 5.74) is 1.70. The van der Waals surface area contributed by atoms with Gasteiger partial charge in [-0.25, -0.2) is 4.98 Å². The average molecular weight is 401 g/mol. The first kappa shape index (κ1) is 17.6. The van der Waals surface area contributed by atoms with Crippen LogP contribution in [0.25, 0.3) is 0 Å². The highest BCUT2D eigenvalue weighted by atomic mass is 79.9. The van der Waals surface area contributed by atoms with Crippen LogP contribution in [0, 0.1) is 0 Å². The van der Waals surface area contributed by atoms with Crippen LogP contribution in [0.1, 0.15) is 48.6 Å². The highest BCUT2D eigenvalue weighted by Crippen LogP contribution is 2.26. The van der Waals surface area contributed by atoms with Crippen LogP contribution < -0.4 is 5.32 Å². The highest BCUT2D eigenvalue weighted by molar-refractivity contribution is 9.10. The maximum absolute atomic E-state index is 12.3. The minimum Gasteiger partial charge on any atom is -0.466 e. The summed E-state index contributed by atoms with van der Waals surface area (Å²) in [6, 6.07) is 0. The number of aromatic amines is 1. The smallest absolute Gasteiger partial charge is 0.311 e. The highest BCUT2D eigenvalue weighted by Gasteiger charge is 2.20. The molecular weight excluding hydrogens is 384 g/mol. The number of carbonyl (C=O) groups is 2. The predicted octanol–water partition coefficient (Wildman–Crippen LogP) is 3.11. The monoisotopic (exact) mass is 400 g/mol. The molecule has 7 nitrogen and oxygen atoms in total. The number of H-pyrrole nitrogens is 1. The number of thiazole rings is 1. The van der Waals surface area contributed by atoms with Gasteiger partial charge in [-0.05, 0) is 28.8 Å². The van der Waals surface area contributed by atoms with Gasteiger partial charge in [-0.2, -0.15) is 5.10 Å². The molecule has 2 heterocycles. The van der Waals surface area contributed by atoms with E-state index in [-0.39, 0.29) is 29.9 Å². The number of carbonyl (C=O) groups excluding carboxylic acids is 2. The van der Waals surface area contributed by atoms with Gasteiger partial charge >= 0.3 is 5.97 Å². The third kappa shape index (κ3) is 4.38. The maximum Gasteiger partial charge on any atom is 0.311 e. The number of hydrogen-bond donors (Lipinski definition) is 2. The summed E-state index contributed by atoms with van der Waals surface area (Å²) in [6.07, 6.45) is 0.0871. The first-order valence-corrected chi connectivity index (χ1v) is 8.74. The second-order valence-electron chi connectivity index (χ2n) is 5.03. The molecule has 0 saturated carbocycles. The molecule has 0 unspecified atom stereocenters.